The van der Waals surface area contributed by atoms with Gasteiger partial charge >= 0.3 is 5.97 Å². The Balaban J connectivity index is 2.13. The van der Waals surface area contributed by atoms with Gasteiger partial charge in [-0.3, -0.25) is 4.79 Å². The zero-order valence-electron chi connectivity index (χ0n) is 7.73. The van der Waals surface area contributed by atoms with Crippen molar-refractivity contribution >= 4 is 17.3 Å². The summed E-state index contributed by atoms with van der Waals surface area (Å²) in [7, 11) is 0. The number of carbonyl (C=O) groups excluding carboxylic acids is 1. The molecule has 0 aliphatic rings. The summed E-state index contributed by atoms with van der Waals surface area (Å²) in [6, 6.07) is 0. The zero-order chi connectivity index (χ0) is 10.2. The van der Waals surface area contributed by atoms with Gasteiger partial charge in [0, 0.05) is 18.2 Å². The molecule has 0 atom stereocenters. The molecule has 3 nitrogen and oxygen atoms in total. The highest BCUT2D eigenvalue weighted by Crippen LogP contribution is 2.04. The normalized spacial score (nSPS) is 9.36. The third kappa shape index (κ3) is 4.06. The summed E-state index contributed by atoms with van der Waals surface area (Å²) in [5.74, 6) is 2.19. The summed E-state index contributed by atoms with van der Waals surface area (Å²) >= 11 is 1.52. The summed E-state index contributed by atoms with van der Waals surface area (Å²) in [5.41, 5.74) is 2.68. The lowest BCUT2D eigenvalue weighted by atomic mass is 10.2. The minimum absolute atomic E-state index is 0.215. The van der Waals surface area contributed by atoms with Crippen molar-refractivity contribution in [1.82, 2.24) is 4.98 Å². The molecule has 0 fully saturated rings. The third-order valence-corrected chi connectivity index (χ3v) is 2.21. The van der Waals surface area contributed by atoms with E-state index in [1.807, 2.05) is 5.38 Å². The van der Waals surface area contributed by atoms with Crippen LogP contribution in [0.3, 0.4) is 0 Å². The van der Waals surface area contributed by atoms with Crippen LogP contribution in [0.25, 0.3) is 0 Å². The summed E-state index contributed by atoms with van der Waals surface area (Å²) in [5, 5.41) is 1.93. The zero-order valence-corrected chi connectivity index (χ0v) is 8.55. The van der Waals surface area contributed by atoms with Crippen LogP contribution in [-0.4, -0.2) is 17.6 Å². The maximum Gasteiger partial charge on any atom is 0.306 e. The molecule has 1 aromatic rings. The smallest absolute Gasteiger partial charge is 0.306 e. The Labute approximate surface area is 87.1 Å². The second kappa shape index (κ2) is 6.17. The second-order valence-electron chi connectivity index (χ2n) is 2.65. The van der Waals surface area contributed by atoms with Crippen molar-refractivity contribution in [3.05, 3.63) is 16.6 Å². The monoisotopic (exact) mass is 209 g/mol. The van der Waals surface area contributed by atoms with E-state index >= 15 is 0 Å². The summed E-state index contributed by atoms with van der Waals surface area (Å²) < 4.78 is 4.87. The number of nitrogens with zero attached hydrogens (tertiary/aromatic N) is 1. The Kier molecular flexibility index (Phi) is 4.73. The minimum Gasteiger partial charge on any atom is -0.465 e. The van der Waals surface area contributed by atoms with E-state index in [-0.39, 0.29) is 5.97 Å². The highest BCUT2D eigenvalue weighted by atomic mass is 32.1. The molecule has 0 saturated heterocycles. The molecule has 0 amide bonds. The molecule has 0 spiro atoms. The highest BCUT2D eigenvalue weighted by Gasteiger charge is 2.03. The molecule has 1 rings (SSSR count). The molecule has 0 aliphatic heterocycles. The number of aromatic nitrogens is 1. The number of ether oxygens (including phenoxy) is 1. The first-order chi connectivity index (χ1) is 6.83. The third-order valence-electron chi connectivity index (χ3n) is 1.58. The second-order valence-corrected chi connectivity index (χ2v) is 3.37. The summed E-state index contributed by atoms with van der Waals surface area (Å²) in [6.45, 7) is 0.312. The molecule has 0 aliphatic carbocycles. The van der Waals surface area contributed by atoms with Gasteiger partial charge < -0.3 is 4.74 Å². The first-order valence-corrected chi connectivity index (χ1v) is 5.23. The highest BCUT2D eigenvalue weighted by molar-refractivity contribution is 7.07. The summed E-state index contributed by atoms with van der Waals surface area (Å²) in [6.07, 6.45) is 6.50. The fraction of sp³-hybridized carbons (Fsp3) is 0.400. The molecule has 0 bridgehead atoms. The molecule has 0 saturated carbocycles. The van der Waals surface area contributed by atoms with Crippen molar-refractivity contribution in [1.29, 1.82) is 0 Å². The molecule has 74 valence electrons. The number of rotatable bonds is 5. The van der Waals surface area contributed by atoms with Crippen molar-refractivity contribution in [3.63, 3.8) is 0 Å². The lowest BCUT2D eigenvalue weighted by Crippen LogP contribution is -2.06. The van der Waals surface area contributed by atoms with Gasteiger partial charge in [0.15, 0.2) is 0 Å². The predicted molar refractivity (Wildman–Crippen MR) is 54.8 cm³/mol. The van der Waals surface area contributed by atoms with Crippen molar-refractivity contribution in [2.24, 2.45) is 0 Å². The van der Waals surface area contributed by atoms with E-state index in [9.17, 15) is 4.79 Å². The topological polar surface area (TPSA) is 39.2 Å². The van der Waals surface area contributed by atoms with Crippen LogP contribution in [-0.2, 0) is 16.0 Å². The molecule has 0 unspecified atom stereocenters. The van der Waals surface area contributed by atoms with Crippen molar-refractivity contribution in [3.8, 4) is 12.3 Å². The average Bonchev–Trinajstić information content (AvgIpc) is 2.68. The van der Waals surface area contributed by atoms with Crippen LogP contribution in [0.4, 0.5) is 0 Å². The van der Waals surface area contributed by atoms with Gasteiger partial charge in [0.1, 0.15) is 6.61 Å². The van der Waals surface area contributed by atoms with E-state index in [2.05, 4.69) is 10.9 Å². The molecule has 1 heterocycles. The Morgan fingerprint density at radius 1 is 1.71 bits per heavy atom. The molecule has 0 aromatic carbocycles. The van der Waals surface area contributed by atoms with Gasteiger partial charge in [0.25, 0.3) is 0 Å². The van der Waals surface area contributed by atoms with E-state index in [1.165, 1.54) is 11.3 Å². The van der Waals surface area contributed by atoms with Gasteiger partial charge in [0.05, 0.1) is 17.6 Å². The Morgan fingerprint density at radius 3 is 3.21 bits per heavy atom. The van der Waals surface area contributed by atoms with Crippen LogP contribution in [0.5, 0.6) is 0 Å². The molecule has 1 aromatic heterocycles. The number of aryl methyl sites for hydroxylation is 1. The standard InChI is InChI=1S/C10H11NO2S/c1-2-3-6-13-10(12)5-4-9-7-14-8-11-9/h1,7-8H,3-6H2. The van der Waals surface area contributed by atoms with Crippen LogP contribution in [0.2, 0.25) is 0 Å². The number of hydrogen-bond acceptors (Lipinski definition) is 4. The number of thiazole rings is 1. The van der Waals surface area contributed by atoms with E-state index in [4.69, 9.17) is 11.2 Å². The minimum atomic E-state index is -0.215. The Morgan fingerprint density at radius 2 is 2.57 bits per heavy atom. The quantitative estimate of drug-likeness (QED) is 0.420. The fourth-order valence-corrected chi connectivity index (χ4v) is 1.48. The molecule has 0 N–H and O–H groups in total. The van der Waals surface area contributed by atoms with Gasteiger partial charge in [-0.2, -0.15) is 0 Å². The lowest BCUT2D eigenvalue weighted by molar-refractivity contribution is -0.143. The number of esters is 1. The fourth-order valence-electron chi connectivity index (χ4n) is 0.887. The van der Waals surface area contributed by atoms with Gasteiger partial charge in [-0.25, -0.2) is 4.98 Å². The van der Waals surface area contributed by atoms with Crippen LogP contribution >= 0.6 is 11.3 Å². The molecule has 14 heavy (non-hydrogen) atoms. The maximum atomic E-state index is 11.1. The van der Waals surface area contributed by atoms with E-state index in [0.29, 0.717) is 25.9 Å². The van der Waals surface area contributed by atoms with Crippen molar-refractivity contribution < 1.29 is 9.53 Å². The molecule has 4 heteroatoms. The van der Waals surface area contributed by atoms with Crippen molar-refractivity contribution in [2.45, 2.75) is 19.3 Å². The predicted octanol–water partition coefficient (Wildman–Crippen LogP) is 1.64. The Hall–Kier alpha value is -1.34. The van der Waals surface area contributed by atoms with Gasteiger partial charge in [-0.15, -0.1) is 23.7 Å². The van der Waals surface area contributed by atoms with Crippen molar-refractivity contribution in [2.75, 3.05) is 6.61 Å². The van der Waals surface area contributed by atoms with Crippen LogP contribution in [0, 0.1) is 12.3 Å². The number of hydrogen-bond donors (Lipinski definition) is 0. The van der Waals surface area contributed by atoms with Gasteiger partial charge in [-0.1, -0.05) is 0 Å². The number of carbonyl (C=O) groups is 1. The summed E-state index contributed by atoms with van der Waals surface area (Å²) in [4.78, 5) is 15.2. The molecular weight excluding hydrogens is 198 g/mol. The number of terminal acetylenes is 1. The van der Waals surface area contributed by atoms with Gasteiger partial charge in [0.2, 0.25) is 0 Å². The first-order valence-electron chi connectivity index (χ1n) is 4.29. The van der Waals surface area contributed by atoms with E-state index < -0.39 is 0 Å². The van der Waals surface area contributed by atoms with Crippen LogP contribution in [0.1, 0.15) is 18.5 Å². The molecule has 0 radical (unpaired) electrons. The van der Waals surface area contributed by atoms with E-state index in [1.54, 1.807) is 5.51 Å². The van der Waals surface area contributed by atoms with Crippen LogP contribution in [0.15, 0.2) is 10.9 Å². The largest absolute Gasteiger partial charge is 0.465 e. The SMILES string of the molecule is C#CCCOC(=O)CCc1cscn1. The Bertz CT molecular complexity index is 313. The first kappa shape index (κ1) is 10.7. The van der Waals surface area contributed by atoms with Gasteiger partial charge in [-0.05, 0) is 0 Å². The van der Waals surface area contributed by atoms with Crippen LogP contribution < -0.4 is 0 Å². The average molecular weight is 209 g/mol. The molecular formula is C10H11NO2S. The lowest BCUT2D eigenvalue weighted by Gasteiger charge is -2.00. The maximum absolute atomic E-state index is 11.1. The van der Waals surface area contributed by atoms with E-state index in [0.717, 1.165) is 5.69 Å².